The van der Waals surface area contributed by atoms with Crippen molar-refractivity contribution in [3.8, 4) is 17.1 Å². The van der Waals surface area contributed by atoms with Crippen molar-refractivity contribution in [1.29, 1.82) is 0 Å². The van der Waals surface area contributed by atoms with E-state index in [2.05, 4.69) is 32.7 Å². The summed E-state index contributed by atoms with van der Waals surface area (Å²) in [5.74, 6) is 0.704. The van der Waals surface area contributed by atoms with Crippen molar-refractivity contribution in [2.45, 2.75) is 6.92 Å². The van der Waals surface area contributed by atoms with E-state index in [4.69, 9.17) is 0 Å². The molecule has 4 nitrogen and oxygen atoms in total. The molecule has 104 valence electrons. The van der Waals surface area contributed by atoms with E-state index in [0.29, 0.717) is 17.1 Å². The van der Waals surface area contributed by atoms with Crippen molar-refractivity contribution in [2.75, 3.05) is 0 Å². The Kier molecular flexibility index (Phi) is 3.83. The largest absolute Gasteiger partial charge is 0.298 e. The zero-order valence-corrected chi connectivity index (χ0v) is 13.5. The maximum atomic E-state index is 11.3. The standard InChI is InChI=1S/C16H12IN3O/c1-11-6-7-18-15(8-11)20-9-13(10-21)16(19-20)12-2-4-14(17)5-3-12/h2-10H,1H3. The van der Waals surface area contributed by atoms with Gasteiger partial charge in [-0.15, -0.1) is 0 Å². The molecule has 1 aromatic carbocycles. The molecular weight excluding hydrogens is 377 g/mol. The van der Waals surface area contributed by atoms with Crippen LogP contribution in [0, 0.1) is 10.5 Å². The molecule has 0 aliphatic carbocycles. The fraction of sp³-hybridized carbons (Fsp3) is 0.0625. The van der Waals surface area contributed by atoms with Crippen LogP contribution in [0.2, 0.25) is 0 Å². The molecule has 0 saturated heterocycles. The molecule has 3 rings (SSSR count). The summed E-state index contributed by atoms with van der Waals surface area (Å²) in [6.07, 6.45) is 4.27. The number of pyridine rings is 1. The van der Waals surface area contributed by atoms with Crippen LogP contribution < -0.4 is 0 Å². The predicted molar refractivity (Wildman–Crippen MR) is 89.6 cm³/mol. The smallest absolute Gasteiger partial charge is 0.153 e. The molecule has 2 heterocycles. The number of rotatable bonds is 3. The Hall–Kier alpha value is -2.02. The molecule has 0 fully saturated rings. The Bertz CT molecular complexity index is 794. The molecule has 5 heteroatoms. The van der Waals surface area contributed by atoms with Crippen LogP contribution in [0.3, 0.4) is 0 Å². The summed E-state index contributed by atoms with van der Waals surface area (Å²) in [5, 5.41) is 4.51. The topological polar surface area (TPSA) is 47.8 Å². The molecule has 0 N–H and O–H groups in total. The maximum Gasteiger partial charge on any atom is 0.153 e. The van der Waals surface area contributed by atoms with Gasteiger partial charge in [0, 0.05) is 21.5 Å². The number of aryl methyl sites for hydroxylation is 1. The summed E-state index contributed by atoms with van der Waals surface area (Å²) in [6, 6.07) is 11.8. The number of aldehydes is 1. The summed E-state index contributed by atoms with van der Waals surface area (Å²) in [4.78, 5) is 15.6. The molecule has 0 unspecified atom stereocenters. The number of aromatic nitrogens is 3. The summed E-state index contributed by atoms with van der Waals surface area (Å²) in [6.45, 7) is 2.00. The van der Waals surface area contributed by atoms with E-state index in [1.807, 2.05) is 43.3 Å². The third kappa shape index (κ3) is 2.87. The van der Waals surface area contributed by atoms with Crippen LogP contribution in [-0.2, 0) is 0 Å². The Balaban J connectivity index is 2.10. The van der Waals surface area contributed by atoms with Gasteiger partial charge in [0.25, 0.3) is 0 Å². The molecule has 0 aliphatic heterocycles. The average molecular weight is 389 g/mol. The van der Waals surface area contributed by atoms with Crippen molar-refractivity contribution >= 4 is 28.9 Å². The van der Waals surface area contributed by atoms with Gasteiger partial charge < -0.3 is 0 Å². The van der Waals surface area contributed by atoms with Gasteiger partial charge in [-0.2, -0.15) is 5.10 Å². The first kappa shape index (κ1) is 13.9. The minimum Gasteiger partial charge on any atom is -0.298 e. The van der Waals surface area contributed by atoms with E-state index in [9.17, 15) is 4.79 Å². The Morgan fingerprint density at radius 2 is 1.95 bits per heavy atom. The number of carbonyl (C=O) groups is 1. The Labute approximate surface area is 136 Å². The minimum absolute atomic E-state index is 0.555. The summed E-state index contributed by atoms with van der Waals surface area (Å²) in [5.41, 5.74) is 3.24. The number of nitrogens with zero attached hydrogens (tertiary/aromatic N) is 3. The summed E-state index contributed by atoms with van der Waals surface area (Å²) < 4.78 is 2.79. The van der Waals surface area contributed by atoms with E-state index < -0.39 is 0 Å². The SMILES string of the molecule is Cc1ccnc(-n2cc(C=O)c(-c3ccc(I)cc3)n2)c1. The third-order valence-corrected chi connectivity index (χ3v) is 3.84. The number of hydrogen-bond acceptors (Lipinski definition) is 3. The van der Waals surface area contributed by atoms with Crippen LogP contribution >= 0.6 is 22.6 Å². The van der Waals surface area contributed by atoms with Crippen molar-refractivity contribution < 1.29 is 4.79 Å². The highest BCUT2D eigenvalue weighted by atomic mass is 127. The van der Waals surface area contributed by atoms with E-state index >= 15 is 0 Å². The van der Waals surface area contributed by atoms with Gasteiger partial charge in [-0.1, -0.05) is 12.1 Å². The molecule has 21 heavy (non-hydrogen) atoms. The average Bonchev–Trinajstić information content (AvgIpc) is 2.92. The zero-order chi connectivity index (χ0) is 14.8. The lowest BCUT2D eigenvalue weighted by atomic mass is 10.1. The van der Waals surface area contributed by atoms with E-state index in [1.165, 1.54) is 0 Å². The maximum absolute atomic E-state index is 11.3. The lowest BCUT2D eigenvalue weighted by molar-refractivity contribution is 0.112. The highest BCUT2D eigenvalue weighted by Crippen LogP contribution is 2.23. The van der Waals surface area contributed by atoms with Gasteiger partial charge in [-0.25, -0.2) is 9.67 Å². The van der Waals surface area contributed by atoms with Crippen LogP contribution in [0.4, 0.5) is 0 Å². The molecule has 3 aromatic rings. The van der Waals surface area contributed by atoms with E-state index in [0.717, 1.165) is 21.0 Å². The second kappa shape index (κ2) is 5.77. The normalized spacial score (nSPS) is 10.6. The minimum atomic E-state index is 0.555. The third-order valence-electron chi connectivity index (χ3n) is 3.12. The monoisotopic (exact) mass is 389 g/mol. The van der Waals surface area contributed by atoms with E-state index in [-0.39, 0.29) is 0 Å². The van der Waals surface area contributed by atoms with Gasteiger partial charge in [0.1, 0.15) is 5.69 Å². The molecule has 0 atom stereocenters. The molecular formula is C16H12IN3O. The quantitative estimate of drug-likeness (QED) is 0.508. The van der Waals surface area contributed by atoms with Gasteiger partial charge in [0.2, 0.25) is 0 Å². The Morgan fingerprint density at radius 3 is 2.62 bits per heavy atom. The second-order valence-electron chi connectivity index (χ2n) is 4.69. The molecule has 0 radical (unpaired) electrons. The van der Waals surface area contributed by atoms with Crippen LogP contribution in [0.5, 0.6) is 0 Å². The molecule has 0 bridgehead atoms. The number of halogens is 1. The highest BCUT2D eigenvalue weighted by molar-refractivity contribution is 14.1. The van der Waals surface area contributed by atoms with Gasteiger partial charge >= 0.3 is 0 Å². The van der Waals surface area contributed by atoms with Crippen LogP contribution in [0.15, 0.2) is 48.8 Å². The molecule has 2 aromatic heterocycles. The number of carbonyl (C=O) groups excluding carboxylic acids is 1. The van der Waals surface area contributed by atoms with Gasteiger partial charge in [0.15, 0.2) is 12.1 Å². The molecule has 0 aliphatic rings. The van der Waals surface area contributed by atoms with Crippen LogP contribution in [0.1, 0.15) is 15.9 Å². The summed E-state index contributed by atoms with van der Waals surface area (Å²) >= 11 is 2.25. The number of benzene rings is 1. The lowest BCUT2D eigenvalue weighted by Gasteiger charge is -2.01. The second-order valence-corrected chi connectivity index (χ2v) is 5.94. The molecule has 0 spiro atoms. The molecule has 0 saturated carbocycles. The Morgan fingerprint density at radius 1 is 1.19 bits per heavy atom. The first-order valence-corrected chi connectivity index (χ1v) is 7.49. The predicted octanol–water partition coefficient (Wildman–Crippen LogP) is 3.66. The van der Waals surface area contributed by atoms with Crippen molar-refractivity contribution in [2.24, 2.45) is 0 Å². The van der Waals surface area contributed by atoms with Crippen molar-refractivity contribution in [3.63, 3.8) is 0 Å². The van der Waals surface area contributed by atoms with Gasteiger partial charge in [-0.05, 0) is 59.3 Å². The zero-order valence-electron chi connectivity index (χ0n) is 11.3. The van der Waals surface area contributed by atoms with Crippen LogP contribution in [-0.4, -0.2) is 21.1 Å². The summed E-state index contributed by atoms with van der Waals surface area (Å²) in [7, 11) is 0. The first-order valence-electron chi connectivity index (χ1n) is 6.41. The fourth-order valence-corrected chi connectivity index (χ4v) is 2.43. The first-order chi connectivity index (χ1) is 10.2. The van der Waals surface area contributed by atoms with Gasteiger partial charge in [-0.3, -0.25) is 4.79 Å². The van der Waals surface area contributed by atoms with Crippen molar-refractivity contribution in [1.82, 2.24) is 14.8 Å². The highest BCUT2D eigenvalue weighted by Gasteiger charge is 2.12. The molecule has 0 amide bonds. The van der Waals surface area contributed by atoms with Gasteiger partial charge in [0.05, 0.1) is 5.56 Å². The van der Waals surface area contributed by atoms with E-state index in [1.54, 1.807) is 17.1 Å². The van der Waals surface area contributed by atoms with Crippen molar-refractivity contribution in [3.05, 3.63) is 63.5 Å². The van der Waals surface area contributed by atoms with Crippen LogP contribution in [0.25, 0.3) is 17.1 Å². The fourth-order valence-electron chi connectivity index (χ4n) is 2.07. The number of hydrogen-bond donors (Lipinski definition) is 0. The lowest BCUT2D eigenvalue weighted by Crippen LogP contribution is -1.98.